The Morgan fingerprint density at radius 1 is 1.07 bits per heavy atom. The van der Waals surface area contributed by atoms with E-state index in [2.05, 4.69) is 13.2 Å². The first-order valence-corrected chi connectivity index (χ1v) is 9.28. The van der Waals surface area contributed by atoms with E-state index in [9.17, 15) is 14.7 Å². The Bertz CT molecular complexity index is 971. The fourth-order valence-electron chi connectivity index (χ4n) is 3.32. The van der Waals surface area contributed by atoms with Crippen LogP contribution in [0.15, 0.2) is 79.4 Å². The number of likely N-dealkylation sites (tertiary alicyclic amines) is 1. The summed E-state index contributed by atoms with van der Waals surface area (Å²) in [6.07, 6.45) is 3.20. The van der Waals surface area contributed by atoms with Crippen molar-refractivity contribution in [3.63, 3.8) is 0 Å². The van der Waals surface area contributed by atoms with Crippen LogP contribution in [0.25, 0.3) is 5.76 Å². The zero-order valence-corrected chi connectivity index (χ0v) is 16.3. The van der Waals surface area contributed by atoms with Gasteiger partial charge in [-0.1, -0.05) is 48.6 Å². The van der Waals surface area contributed by atoms with E-state index in [0.29, 0.717) is 17.9 Å². The van der Waals surface area contributed by atoms with Gasteiger partial charge in [0.05, 0.1) is 11.6 Å². The molecular formula is C24H23NO4. The SMILES string of the molecule is C=CCOc1ccc(C(O)=C2C(=O)C(=O)N(CC=C)[C@@H]2c2ccc(C)cc2)cc1. The highest BCUT2D eigenvalue weighted by molar-refractivity contribution is 6.46. The van der Waals surface area contributed by atoms with Crippen molar-refractivity contribution in [3.8, 4) is 5.75 Å². The number of aliphatic hydroxyl groups is 1. The number of benzene rings is 2. The summed E-state index contributed by atoms with van der Waals surface area (Å²) in [6.45, 7) is 9.81. The highest BCUT2D eigenvalue weighted by atomic mass is 16.5. The molecule has 1 amide bonds. The quantitative estimate of drug-likeness (QED) is 0.334. The number of Topliss-reactive ketones (excluding diaryl/α,β-unsaturated/α-hetero) is 1. The number of rotatable bonds is 7. The van der Waals surface area contributed by atoms with Gasteiger partial charge >= 0.3 is 0 Å². The maximum absolute atomic E-state index is 12.8. The van der Waals surface area contributed by atoms with Crippen LogP contribution >= 0.6 is 0 Å². The Labute approximate surface area is 170 Å². The van der Waals surface area contributed by atoms with Crippen molar-refractivity contribution in [1.29, 1.82) is 0 Å². The molecule has 148 valence electrons. The molecular weight excluding hydrogens is 366 g/mol. The average molecular weight is 389 g/mol. The number of aryl methyl sites for hydroxylation is 1. The molecule has 1 saturated heterocycles. The summed E-state index contributed by atoms with van der Waals surface area (Å²) in [5.41, 5.74) is 2.32. The zero-order valence-electron chi connectivity index (χ0n) is 16.3. The van der Waals surface area contributed by atoms with Crippen LogP contribution in [0, 0.1) is 6.92 Å². The Balaban J connectivity index is 2.08. The Kier molecular flexibility index (Phi) is 5.98. The second-order valence-corrected chi connectivity index (χ2v) is 6.77. The second-order valence-electron chi connectivity index (χ2n) is 6.77. The number of hydrogen-bond donors (Lipinski definition) is 1. The topological polar surface area (TPSA) is 66.8 Å². The second kappa shape index (κ2) is 8.61. The molecule has 2 aromatic carbocycles. The summed E-state index contributed by atoms with van der Waals surface area (Å²) in [5.74, 6) is -0.954. The smallest absolute Gasteiger partial charge is 0.295 e. The zero-order chi connectivity index (χ0) is 21.0. The molecule has 1 N–H and O–H groups in total. The van der Waals surface area contributed by atoms with Crippen molar-refractivity contribution in [1.82, 2.24) is 4.90 Å². The summed E-state index contributed by atoms with van der Waals surface area (Å²) in [4.78, 5) is 26.8. The summed E-state index contributed by atoms with van der Waals surface area (Å²) >= 11 is 0. The molecule has 29 heavy (non-hydrogen) atoms. The summed E-state index contributed by atoms with van der Waals surface area (Å²) < 4.78 is 5.45. The molecule has 0 aliphatic carbocycles. The van der Waals surface area contributed by atoms with Crippen molar-refractivity contribution in [2.24, 2.45) is 0 Å². The molecule has 0 spiro atoms. The van der Waals surface area contributed by atoms with E-state index in [-0.39, 0.29) is 17.9 Å². The average Bonchev–Trinajstić information content (AvgIpc) is 2.98. The van der Waals surface area contributed by atoms with E-state index in [4.69, 9.17) is 4.74 Å². The predicted molar refractivity (Wildman–Crippen MR) is 113 cm³/mol. The monoisotopic (exact) mass is 389 g/mol. The minimum absolute atomic E-state index is 0.0699. The van der Waals surface area contributed by atoms with E-state index in [1.54, 1.807) is 36.4 Å². The Morgan fingerprint density at radius 3 is 2.31 bits per heavy atom. The molecule has 0 aromatic heterocycles. The fourth-order valence-corrected chi connectivity index (χ4v) is 3.32. The fraction of sp³-hybridized carbons (Fsp3) is 0.167. The molecule has 5 heteroatoms. The van der Waals surface area contributed by atoms with Gasteiger partial charge in [0.15, 0.2) is 0 Å². The molecule has 2 aromatic rings. The first kappa shape index (κ1) is 20.1. The van der Waals surface area contributed by atoms with Crippen LogP contribution in [0.4, 0.5) is 0 Å². The van der Waals surface area contributed by atoms with E-state index in [1.165, 1.54) is 4.90 Å². The van der Waals surface area contributed by atoms with Gasteiger partial charge < -0.3 is 14.7 Å². The number of nitrogens with zero attached hydrogens (tertiary/aromatic N) is 1. The van der Waals surface area contributed by atoms with Crippen LogP contribution in [0.3, 0.4) is 0 Å². The van der Waals surface area contributed by atoms with Crippen LogP contribution in [0.2, 0.25) is 0 Å². The van der Waals surface area contributed by atoms with Gasteiger partial charge in [-0.15, -0.1) is 6.58 Å². The third-order valence-corrected chi connectivity index (χ3v) is 4.75. The highest BCUT2D eigenvalue weighted by Crippen LogP contribution is 2.39. The Hall–Kier alpha value is -3.60. The predicted octanol–water partition coefficient (Wildman–Crippen LogP) is 4.17. The molecule has 1 aliphatic rings. The molecule has 1 heterocycles. The lowest BCUT2D eigenvalue weighted by molar-refractivity contribution is -0.139. The number of carbonyl (C=O) groups excluding carboxylic acids is 2. The molecule has 1 aliphatic heterocycles. The van der Waals surface area contributed by atoms with Crippen LogP contribution in [-0.4, -0.2) is 34.8 Å². The van der Waals surface area contributed by atoms with Crippen LogP contribution in [0.1, 0.15) is 22.7 Å². The number of ketones is 1. The minimum Gasteiger partial charge on any atom is -0.507 e. The first-order valence-electron chi connectivity index (χ1n) is 9.28. The third-order valence-electron chi connectivity index (χ3n) is 4.75. The molecule has 0 radical (unpaired) electrons. The normalized spacial score (nSPS) is 18.0. The van der Waals surface area contributed by atoms with Crippen molar-refractivity contribution < 1.29 is 19.4 Å². The lowest BCUT2D eigenvalue weighted by Gasteiger charge is -2.24. The van der Waals surface area contributed by atoms with Crippen LogP contribution in [0.5, 0.6) is 5.75 Å². The molecule has 0 bridgehead atoms. The molecule has 0 unspecified atom stereocenters. The van der Waals surface area contributed by atoms with Gasteiger partial charge in [0.25, 0.3) is 11.7 Å². The van der Waals surface area contributed by atoms with Crippen molar-refractivity contribution in [2.45, 2.75) is 13.0 Å². The summed E-state index contributed by atoms with van der Waals surface area (Å²) in [5, 5.41) is 10.9. The Morgan fingerprint density at radius 2 is 1.72 bits per heavy atom. The maximum atomic E-state index is 12.8. The molecule has 3 rings (SSSR count). The van der Waals surface area contributed by atoms with Gasteiger partial charge in [-0.2, -0.15) is 0 Å². The van der Waals surface area contributed by atoms with Crippen molar-refractivity contribution in [2.75, 3.05) is 13.2 Å². The van der Waals surface area contributed by atoms with Crippen LogP contribution < -0.4 is 4.74 Å². The molecule has 1 atom stereocenters. The standard InChI is InChI=1S/C24H23NO4/c1-4-14-25-21(17-8-6-16(3)7-9-17)20(23(27)24(25)28)22(26)18-10-12-19(13-11-18)29-15-5-2/h4-13,21,26H,1-2,14-15H2,3H3/t21-/m1/s1. The van der Waals surface area contributed by atoms with Crippen molar-refractivity contribution >= 4 is 17.4 Å². The van der Waals surface area contributed by atoms with E-state index >= 15 is 0 Å². The van der Waals surface area contributed by atoms with Gasteiger partial charge in [0.2, 0.25) is 0 Å². The number of ether oxygens (including phenoxy) is 1. The molecule has 1 fully saturated rings. The van der Waals surface area contributed by atoms with E-state index in [1.807, 2.05) is 31.2 Å². The lowest BCUT2D eigenvalue weighted by Crippen LogP contribution is -2.29. The summed E-state index contributed by atoms with van der Waals surface area (Å²) in [6, 6.07) is 13.6. The number of hydrogen-bond acceptors (Lipinski definition) is 4. The minimum atomic E-state index is -0.707. The number of carbonyl (C=O) groups is 2. The van der Waals surface area contributed by atoms with Crippen LogP contribution in [-0.2, 0) is 9.59 Å². The van der Waals surface area contributed by atoms with Crippen molar-refractivity contribution in [3.05, 3.63) is 96.1 Å². The third kappa shape index (κ3) is 3.99. The van der Waals surface area contributed by atoms with Gasteiger partial charge in [-0.3, -0.25) is 9.59 Å². The maximum Gasteiger partial charge on any atom is 0.295 e. The largest absolute Gasteiger partial charge is 0.507 e. The van der Waals surface area contributed by atoms with Gasteiger partial charge in [-0.25, -0.2) is 0 Å². The van der Waals surface area contributed by atoms with E-state index < -0.39 is 17.7 Å². The van der Waals surface area contributed by atoms with Gasteiger partial charge in [-0.05, 0) is 36.8 Å². The summed E-state index contributed by atoms with van der Waals surface area (Å²) in [7, 11) is 0. The molecule has 0 saturated carbocycles. The van der Waals surface area contributed by atoms with E-state index in [0.717, 1.165) is 11.1 Å². The first-order chi connectivity index (χ1) is 14.0. The number of amides is 1. The highest BCUT2D eigenvalue weighted by Gasteiger charge is 2.45. The number of aliphatic hydroxyl groups excluding tert-OH is 1. The van der Waals surface area contributed by atoms with Gasteiger partial charge in [0.1, 0.15) is 18.1 Å². The lowest BCUT2D eigenvalue weighted by atomic mass is 9.94. The van der Waals surface area contributed by atoms with Gasteiger partial charge in [0, 0.05) is 12.1 Å². The molecule has 5 nitrogen and oxygen atoms in total.